The van der Waals surface area contributed by atoms with E-state index in [-0.39, 0.29) is 5.41 Å². The summed E-state index contributed by atoms with van der Waals surface area (Å²) in [6.45, 7) is 6.13. The van der Waals surface area contributed by atoms with Gasteiger partial charge in [-0.05, 0) is 36.5 Å². The molecule has 0 bridgehead atoms. The maximum atomic E-state index is 11.3. The predicted octanol–water partition coefficient (Wildman–Crippen LogP) is 3.38. The average Bonchev–Trinajstić information content (AvgIpc) is 2.38. The topological polar surface area (TPSA) is 62.2 Å². The van der Waals surface area contributed by atoms with Crippen LogP contribution in [0.3, 0.4) is 0 Å². The maximum absolute atomic E-state index is 11.3. The minimum atomic E-state index is -0.903. The number of carboxylic acids is 1. The average molecular weight is 294 g/mol. The molecule has 1 aromatic heterocycles. The second-order valence-electron chi connectivity index (χ2n) is 6.21. The van der Waals surface area contributed by atoms with Crippen molar-refractivity contribution < 1.29 is 9.90 Å². The zero-order chi connectivity index (χ0) is 14.8. The van der Waals surface area contributed by atoms with Crippen molar-refractivity contribution in [1.82, 2.24) is 4.98 Å². The summed E-state index contributed by atoms with van der Waals surface area (Å²) in [5, 5.41) is 12.6. The summed E-state index contributed by atoms with van der Waals surface area (Å²) in [6, 6.07) is 3.71. The molecule has 0 amide bonds. The first-order valence-electron chi connectivity index (χ1n) is 6.96. The second kappa shape index (κ2) is 6.04. The first kappa shape index (κ1) is 15.2. The van der Waals surface area contributed by atoms with E-state index < -0.39 is 5.97 Å². The number of rotatable bonds is 3. The highest BCUT2D eigenvalue weighted by atomic mass is 32.2. The van der Waals surface area contributed by atoms with Crippen LogP contribution in [0.5, 0.6) is 0 Å². The number of thioether (sulfide) groups is 1. The van der Waals surface area contributed by atoms with Crippen LogP contribution in [0.25, 0.3) is 0 Å². The number of carbonyl (C=O) groups is 1. The van der Waals surface area contributed by atoms with Gasteiger partial charge in [-0.2, -0.15) is 11.8 Å². The van der Waals surface area contributed by atoms with Crippen LogP contribution in [0.1, 0.15) is 49.7 Å². The van der Waals surface area contributed by atoms with Crippen LogP contribution in [-0.4, -0.2) is 33.6 Å². The molecule has 0 aliphatic carbocycles. The Morgan fingerprint density at radius 3 is 2.55 bits per heavy atom. The zero-order valence-electron chi connectivity index (χ0n) is 12.3. The van der Waals surface area contributed by atoms with E-state index in [0.29, 0.717) is 17.4 Å². The van der Waals surface area contributed by atoms with Crippen molar-refractivity contribution in [2.75, 3.05) is 16.8 Å². The van der Waals surface area contributed by atoms with Gasteiger partial charge < -0.3 is 10.4 Å². The van der Waals surface area contributed by atoms with Crippen molar-refractivity contribution in [1.29, 1.82) is 0 Å². The lowest BCUT2D eigenvalue weighted by Gasteiger charge is -2.25. The van der Waals surface area contributed by atoms with Crippen molar-refractivity contribution in [3.63, 3.8) is 0 Å². The first-order chi connectivity index (χ1) is 9.36. The molecule has 0 spiro atoms. The molecule has 5 heteroatoms. The minimum absolute atomic E-state index is 0.162. The Morgan fingerprint density at radius 2 is 2.00 bits per heavy atom. The van der Waals surface area contributed by atoms with Crippen molar-refractivity contribution in [3.8, 4) is 0 Å². The first-order valence-corrected chi connectivity index (χ1v) is 8.12. The van der Waals surface area contributed by atoms with Crippen molar-refractivity contribution >= 4 is 23.5 Å². The third-order valence-corrected chi connectivity index (χ3v) is 4.46. The van der Waals surface area contributed by atoms with Gasteiger partial charge in [-0.15, -0.1) is 0 Å². The van der Waals surface area contributed by atoms with E-state index in [0.717, 1.165) is 30.0 Å². The standard InChI is InChI=1S/C15H22N2O2S/c1-15(2,3)12-8-10(14(18)19)9-13(17-12)16-11-4-6-20-7-5-11/h8-9,11H,4-7H2,1-3H3,(H,16,17)(H,18,19). The molecule has 4 nitrogen and oxygen atoms in total. The fourth-order valence-corrected chi connectivity index (χ4v) is 3.27. The van der Waals surface area contributed by atoms with E-state index in [1.54, 1.807) is 12.1 Å². The smallest absolute Gasteiger partial charge is 0.335 e. The van der Waals surface area contributed by atoms with Crippen LogP contribution in [0.15, 0.2) is 12.1 Å². The summed E-state index contributed by atoms with van der Waals surface area (Å²) in [5.41, 5.74) is 0.951. The SMILES string of the molecule is CC(C)(C)c1cc(C(=O)O)cc(NC2CCSCC2)n1. The molecular formula is C15H22N2O2S. The summed E-state index contributed by atoms with van der Waals surface area (Å²) in [4.78, 5) is 15.9. The van der Waals surface area contributed by atoms with Gasteiger partial charge in [-0.3, -0.25) is 0 Å². The van der Waals surface area contributed by atoms with E-state index in [2.05, 4.69) is 10.3 Å². The van der Waals surface area contributed by atoms with Gasteiger partial charge in [0.1, 0.15) is 5.82 Å². The van der Waals surface area contributed by atoms with Crippen LogP contribution < -0.4 is 5.32 Å². The second-order valence-corrected chi connectivity index (χ2v) is 7.44. The van der Waals surface area contributed by atoms with E-state index in [1.807, 2.05) is 32.5 Å². The summed E-state index contributed by atoms with van der Waals surface area (Å²) in [5.74, 6) is 2.09. The van der Waals surface area contributed by atoms with Crippen LogP contribution in [0.4, 0.5) is 5.82 Å². The molecule has 110 valence electrons. The van der Waals surface area contributed by atoms with E-state index >= 15 is 0 Å². The van der Waals surface area contributed by atoms with Crippen molar-refractivity contribution in [2.45, 2.75) is 45.1 Å². The van der Waals surface area contributed by atoms with Crippen molar-refractivity contribution in [3.05, 3.63) is 23.4 Å². The Balaban J connectivity index is 2.26. The van der Waals surface area contributed by atoms with Gasteiger partial charge in [-0.25, -0.2) is 9.78 Å². The summed E-state index contributed by atoms with van der Waals surface area (Å²) in [6.07, 6.45) is 2.21. The number of pyridine rings is 1. The molecule has 0 saturated carbocycles. The Bertz CT molecular complexity index is 491. The number of nitrogens with one attached hydrogen (secondary N) is 1. The van der Waals surface area contributed by atoms with E-state index in [4.69, 9.17) is 0 Å². The highest BCUT2D eigenvalue weighted by Gasteiger charge is 2.20. The Kier molecular flexibility index (Phi) is 4.58. The summed E-state index contributed by atoms with van der Waals surface area (Å²) < 4.78 is 0. The number of aromatic nitrogens is 1. The van der Waals surface area contributed by atoms with Crippen molar-refractivity contribution in [2.24, 2.45) is 0 Å². The van der Waals surface area contributed by atoms with Gasteiger partial charge in [0.15, 0.2) is 0 Å². The molecule has 2 heterocycles. The number of nitrogens with zero attached hydrogens (tertiary/aromatic N) is 1. The monoisotopic (exact) mass is 294 g/mol. The molecule has 1 aliphatic heterocycles. The highest BCUT2D eigenvalue weighted by Crippen LogP contribution is 2.25. The lowest BCUT2D eigenvalue weighted by molar-refractivity contribution is 0.0696. The molecule has 0 radical (unpaired) electrons. The fourth-order valence-electron chi connectivity index (χ4n) is 2.16. The quantitative estimate of drug-likeness (QED) is 0.894. The van der Waals surface area contributed by atoms with Gasteiger partial charge in [0.25, 0.3) is 0 Å². The van der Waals surface area contributed by atoms with Crippen LogP contribution in [-0.2, 0) is 5.41 Å². The molecule has 1 saturated heterocycles. The number of carboxylic acid groups (broad SMARTS) is 1. The molecule has 2 N–H and O–H groups in total. The number of hydrogen-bond donors (Lipinski definition) is 2. The molecule has 1 fully saturated rings. The molecule has 0 aromatic carbocycles. The molecule has 0 unspecified atom stereocenters. The van der Waals surface area contributed by atoms with E-state index in [1.165, 1.54) is 0 Å². The normalized spacial score (nSPS) is 16.9. The maximum Gasteiger partial charge on any atom is 0.335 e. The largest absolute Gasteiger partial charge is 0.478 e. The third-order valence-electron chi connectivity index (χ3n) is 3.41. The van der Waals surface area contributed by atoms with Crippen LogP contribution >= 0.6 is 11.8 Å². The Morgan fingerprint density at radius 1 is 1.35 bits per heavy atom. The van der Waals surface area contributed by atoms with Crippen LogP contribution in [0.2, 0.25) is 0 Å². The molecular weight excluding hydrogens is 272 g/mol. The lowest BCUT2D eigenvalue weighted by atomic mass is 9.90. The molecule has 2 rings (SSSR count). The van der Waals surface area contributed by atoms with Gasteiger partial charge in [0, 0.05) is 17.2 Å². The van der Waals surface area contributed by atoms with Gasteiger partial charge in [-0.1, -0.05) is 20.8 Å². The Hall–Kier alpha value is -1.23. The summed E-state index contributed by atoms with van der Waals surface area (Å²) >= 11 is 1.97. The fraction of sp³-hybridized carbons (Fsp3) is 0.600. The van der Waals surface area contributed by atoms with Gasteiger partial charge in [0.2, 0.25) is 0 Å². The summed E-state index contributed by atoms with van der Waals surface area (Å²) in [7, 11) is 0. The molecule has 1 aliphatic rings. The molecule has 1 aromatic rings. The predicted molar refractivity (Wildman–Crippen MR) is 83.9 cm³/mol. The highest BCUT2D eigenvalue weighted by molar-refractivity contribution is 7.99. The zero-order valence-corrected chi connectivity index (χ0v) is 13.1. The van der Waals surface area contributed by atoms with Gasteiger partial charge >= 0.3 is 5.97 Å². The number of aromatic carboxylic acids is 1. The lowest BCUT2D eigenvalue weighted by Crippen LogP contribution is -2.26. The number of hydrogen-bond acceptors (Lipinski definition) is 4. The molecule has 0 atom stereocenters. The third kappa shape index (κ3) is 3.88. The van der Waals surface area contributed by atoms with Crippen LogP contribution in [0, 0.1) is 0 Å². The Labute approximate surface area is 124 Å². The van der Waals surface area contributed by atoms with Gasteiger partial charge in [0.05, 0.1) is 5.56 Å². The molecule has 20 heavy (non-hydrogen) atoms. The number of anilines is 1. The minimum Gasteiger partial charge on any atom is -0.478 e. The van der Waals surface area contributed by atoms with E-state index in [9.17, 15) is 9.90 Å².